The van der Waals surface area contributed by atoms with Gasteiger partial charge >= 0.3 is 0 Å². The third-order valence-corrected chi connectivity index (χ3v) is 5.31. The predicted molar refractivity (Wildman–Crippen MR) is 96.5 cm³/mol. The van der Waals surface area contributed by atoms with Crippen molar-refractivity contribution in [1.82, 2.24) is 24.3 Å². The van der Waals surface area contributed by atoms with E-state index in [9.17, 15) is 17.6 Å². The van der Waals surface area contributed by atoms with Gasteiger partial charge in [-0.25, -0.2) is 37.5 Å². The summed E-state index contributed by atoms with van der Waals surface area (Å²) in [6.45, 7) is 1.81. The van der Waals surface area contributed by atoms with Crippen LogP contribution in [0.3, 0.4) is 0 Å². The molecule has 154 valence electrons. The predicted octanol–water partition coefficient (Wildman–Crippen LogP) is 2.07. The van der Waals surface area contributed by atoms with Gasteiger partial charge in [0.25, 0.3) is 12.3 Å². The fourth-order valence-electron chi connectivity index (χ4n) is 3.61. The molecule has 0 aromatic carbocycles. The molecule has 0 bridgehead atoms. The van der Waals surface area contributed by atoms with Gasteiger partial charge in [-0.1, -0.05) is 6.92 Å². The number of rotatable bonds is 4. The van der Waals surface area contributed by atoms with Gasteiger partial charge in [-0.3, -0.25) is 4.40 Å². The van der Waals surface area contributed by atoms with Crippen LogP contribution in [-0.2, 0) is 0 Å². The van der Waals surface area contributed by atoms with Crippen LogP contribution in [0.4, 0.5) is 23.5 Å². The van der Waals surface area contributed by atoms with Gasteiger partial charge in [0, 0.05) is 31.4 Å². The number of aromatic nitrogens is 5. The number of alkyl halides is 4. The minimum Gasteiger partial charge on any atom is -0.357 e. The average molecular weight is 410 g/mol. The molecular weight excluding hydrogens is 390 g/mol. The third kappa shape index (κ3) is 3.39. The average Bonchev–Trinajstić information content (AvgIpc) is 3.13. The Morgan fingerprint density at radius 2 is 2.00 bits per heavy atom. The Balaban J connectivity index is 1.70. The van der Waals surface area contributed by atoms with Gasteiger partial charge < -0.3 is 10.6 Å². The summed E-state index contributed by atoms with van der Waals surface area (Å²) in [4.78, 5) is 18.3. The van der Waals surface area contributed by atoms with Crippen LogP contribution in [0.15, 0.2) is 30.9 Å². The zero-order valence-corrected chi connectivity index (χ0v) is 15.6. The molecule has 2 unspecified atom stereocenters. The second-order valence-electron chi connectivity index (χ2n) is 7.19. The number of anilines is 1. The summed E-state index contributed by atoms with van der Waals surface area (Å²) < 4.78 is 56.2. The third-order valence-electron chi connectivity index (χ3n) is 5.31. The SMILES string of the molecule is CC1CN(c2nccc(-c3cnc4cnc(C(F)F)cn34)n2)CC(C[NH3+])C1(F)F. The largest absolute Gasteiger partial charge is 0.357 e. The fourth-order valence-corrected chi connectivity index (χ4v) is 3.61. The van der Waals surface area contributed by atoms with Crippen molar-refractivity contribution in [1.29, 1.82) is 0 Å². The highest BCUT2D eigenvalue weighted by Crippen LogP contribution is 2.38. The molecule has 29 heavy (non-hydrogen) atoms. The smallest absolute Gasteiger partial charge is 0.281 e. The van der Waals surface area contributed by atoms with E-state index in [-0.39, 0.29) is 25.3 Å². The van der Waals surface area contributed by atoms with E-state index in [4.69, 9.17) is 0 Å². The minimum absolute atomic E-state index is 0.0941. The number of halogens is 4. The first-order valence-corrected chi connectivity index (χ1v) is 9.17. The van der Waals surface area contributed by atoms with Crippen molar-refractivity contribution in [2.24, 2.45) is 11.8 Å². The lowest BCUT2D eigenvalue weighted by molar-refractivity contribution is -0.392. The molecule has 0 spiro atoms. The lowest BCUT2D eigenvalue weighted by atomic mass is 9.86. The lowest BCUT2D eigenvalue weighted by Gasteiger charge is -2.41. The number of hydrogen-bond acceptors (Lipinski definition) is 5. The van der Waals surface area contributed by atoms with Crippen LogP contribution in [0, 0.1) is 11.8 Å². The van der Waals surface area contributed by atoms with Gasteiger partial charge in [0.15, 0.2) is 5.65 Å². The Hall–Kier alpha value is -2.82. The van der Waals surface area contributed by atoms with E-state index in [0.29, 0.717) is 23.0 Å². The molecule has 1 fully saturated rings. The van der Waals surface area contributed by atoms with Crippen LogP contribution in [0.25, 0.3) is 17.0 Å². The summed E-state index contributed by atoms with van der Waals surface area (Å²) in [7, 11) is 0. The number of piperidine rings is 1. The van der Waals surface area contributed by atoms with Crippen LogP contribution in [0.2, 0.25) is 0 Å². The van der Waals surface area contributed by atoms with E-state index >= 15 is 0 Å². The zero-order valence-electron chi connectivity index (χ0n) is 15.6. The Morgan fingerprint density at radius 3 is 2.72 bits per heavy atom. The van der Waals surface area contributed by atoms with E-state index in [0.717, 1.165) is 0 Å². The van der Waals surface area contributed by atoms with Gasteiger partial charge in [-0.05, 0) is 6.07 Å². The number of fused-ring (bicyclic) bond motifs is 1. The second kappa shape index (κ2) is 7.21. The molecular formula is C18H20F4N7+. The van der Waals surface area contributed by atoms with Crippen LogP contribution in [0.5, 0.6) is 0 Å². The van der Waals surface area contributed by atoms with Gasteiger partial charge in [0.2, 0.25) is 5.95 Å². The summed E-state index contributed by atoms with van der Waals surface area (Å²) in [6.07, 6.45) is 2.78. The van der Waals surface area contributed by atoms with Crippen molar-refractivity contribution < 1.29 is 23.3 Å². The fraction of sp³-hybridized carbons (Fsp3) is 0.444. The topological polar surface area (TPSA) is 86.9 Å². The molecule has 3 N–H and O–H groups in total. The summed E-state index contributed by atoms with van der Waals surface area (Å²) in [5.74, 6) is -4.25. The van der Waals surface area contributed by atoms with Gasteiger partial charge in [-0.15, -0.1) is 0 Å². The van der Waals surface area contributed by atoms with Crippen molar-refractivity contribution in [2.75, 3.05) is 24.5 Å². The lowest BCUT2D eigenvalue weighted by Crippen LogP contribution is -2.64. The minimum atomic E-state index is -2.80. The summed E-state index contributed by atoms with van der Waals surface area (Å²) in [5, 5.41) is 0. The van der Waals surface area contributed by atoms with E-state index in [1.165, 1.54) is 36.1 Å². The molecule has 0 saturated carbocycles. The summed E-state index contributed by atoms with van der Waals surface area (Å²) >= 11 is 0. The highest BCUT2D eigenvalue weighted by atomic mass is 19.3. The molecule has 0 radical (unpaired) electrons. The Kier molecular flexibility index (Phi) is 4.85. The van der Waals surface area contributed by atoms with Gasteiger partial charge in [-0.2, -0.15) is 0 Å². The summed E-state index contributed by atoms with van der Waals surface area (Å²) in [6, 6.07) is 1.62. The highest BCUT2D eigenvalue weighted by molar-refractivity contribution is 5.60. The standard InChI is InChI=1S/C18H19F4N7/c1-10-7-28(8-11(4-23)18(10,21)22)17-24-3-2-12(27-17)14-5-26-15-6-25-13(16(19)20)9-29(14)15/h2-3,5-6,9-11,16H,4,7-8,23H2,1H3/p+1. The molecule has 7 nitrogen and oxygen atoms in total. The molecule has 1 saturated heterocycles. The number of nitrogens with zero attached hydrogens (tertiary/aromatic N) is 6. The van der Waals surface area contributed by atoms with Crippen molar-refractivity contribution in [3.63, 3.8) is 0 Å². The molecule has 1 aliphatic rings. The maximum absolute atomic E-state index is 14.3. The van der Waals surface area contributed by atoms with E-state index in [1.807, 2.05) is 0 Å². The first-order chi connectivity index (χ1) is 13.8. The van der Waals surface area contributed by atoms with Crippen molar-refractivity contribution in [3.05, 3.63) is 36.5 Å². The molecule has 4 heterocycles. The first-order valence-electron chi connectivity index (χ1n) is 9.17. The maximum atomic E-state index is 14.3. The molecule has 3 aromatic heterocycles. The van der Waals surface area contributed by atoms with Crippen LogP contribution in [0.1, 0.15) is 19.0 Å². The number of hydrogen-bond donors (Lipinski definition) is 1. The van der Waals surface area contributed by atoms with Crippen LogP contribution < -0.4 is 10.6 Å². The first kappa shape index (κ1) is 19.5. The van der Waals surface area contributed by atoms with Crippen molar-refractivity contribution in [3.8, 4) is 11.4 Å². The Bertz CT molecular complexity index is 1020. The van der Waals surface area contributed by atoms with E-state index in [1.54, 1.807) is 11.0 Å². The molecule has 11 heteroatoms. The highest BCUT2D eigenvalue weighted by Gasteiger charge is 2.50. The quantitative estimate of drug-likeness (QED) is 0.666. The van der Waals surface area contributed by atoms with E-state index < -0.39 is 24.2 Å². The maximum Gasteiger partial charge on any atom is 0.281 e. The number of imidazole rings is 1. The molecule has 0 aliphatic carbocycles. The molecule has 2 atom stereocenters. The molecule has 3 aromatic rings. The Morgan fingerprint density at radius 1 is 1.21 bits per heavy atom. The Labute approximate surface area is 163 Å². The summed E-state index contributed by atoms with van der Waals surface area (Å²) in [5.41, 5.74) is 4.61. The van der Waals surface area contributed by atoms with Crippen molar-refractivity contribution >= 4 is 11.6 Å². The second-order valence-corrected chi connectivity index (χ2v) is 7.19. The monoisotopic (exact) mass is 410 g/mol. The zero-order chi connectivity index (χ0) is 20.8. The number of quaternary nitrogens is 1. The van der Waals surface area contributed by atoms with Crippen LogP contribution in [-0.4, -0.2) is 49.9 Å². The van der Waals surface area contributed by atoms with E-state index in [2.05, 4.69) is 25.7 Å². The van der Waals surface area contributed by atoms with Crippen molar-refractivity contribution in [2.45, 2.75) is 19.3 Å². The molecule has 1 aliphatic heterocycles. The normalized spacial score (nSPS) is 21.8. The van der Waals surface area contributed by atoms with Gasteiger partial charge in [0.1, 0.15) is 5.69 Å². The molecule has 4 rings (SSSR count). The van der Waals surface area contributed by atoms with Crippen LogP contribution >= 0.6 is 0 Å². The molecule has 0 amide bonds. The van der Waals surface area contributed by atoms with Gasteiger partial charge in [0.05, 0.1) is 36.2 Å².